The Hall–Kier alpha value is -0.880. The van der Waals surface area contributed by atoms with Crippen molar-refractivity contribution in [2.75, 3.05) is 37.0 Å². The van der Waals surface area contributed by atoms with Gasteiger partial charge in [-0.2, -0.15) is 4.98 Å². The van der Waals surface area contributed by atoms with Crippen molar-refractivity contribution in [3.63, 3.8) is 0 Å². The lowest BCUT2D eigenvalue weighted by Gasteiger charge is -2.28. The number of likely N-dealkylation sites (N-methyl/N-ethyl adjacent to an activating group) is 1. The van der Waals surface area contributed by atoms with Gasteiger partial charge in [-0.15, -0.1) is 0 Å². The molecule has 2 rings (SSSR count). The maximum absolute atomic E-state index is 5.77. The first-order valence-corrected chi connectivity index (χ1v) is 7.59. The van der Waals surface area contributed by atoms with Gasteiger partial charge in [0.25, 0.3) is 0 Å². The van der Waals surface area contributed by atoms with Gasteiger partial charge in [0.2, 0.25) is 5.95 Å². The zero-order valence-electron chi connectivity index (χ0n) is 11.5. The van der Waals surface area contributed by atoms with Gasteiger partial charge in [-0.1, -0.05) is 0 Å². The second-order valence-corrected chi connectivity index (χ2v) is 5.62. The van der Waals surface area contributed by atoms with Crippen molar-refractivity contribution in [1.29, 1.82) is 0 Å². The van der Waals surface area contributed by atoms with E-state index >= 15 is 0 Å². The highest BCUT2D eigenvalue weighted by atomic mass is 79.9. The van der Waals surface area contributed by atoms with Crippen molar-refractivity contribution in [2.45, 2.75) is 32.3 Å². The summed E-state index contributed by atoms with van der Waals surface area (Å²) < 4.78 is 6.68. The second kappa shape index (κ2) is 7.05. The minimum Gasteiger partial charge on any atom is -0.376 e. The number of rotatable bonds is 5. The van der Waals surface area contributed by atoms with E-state index in [-0.39, 0.29) is 0 Å². The molecule has 0 radical (unpaired) electrons. The summed E-state index contributed by atoms with van der Waals surface area (Å²) in [5.74, 6) is 1.57. The van der Waals surface area contributed by atoms with E-state index in [0.717, 1.165) is 36.4 Å². The van der Waals surface area contributed by atoms with Crippen LogP contribution in [0.15, 0.2) is 10.7 Å². The minimum absolute atomic E-state index is 0.309. The molecular weight excluding hydrogens is 308 g/mol. The molecule has 5 nitrogen and oxygen atoms in total. The van der Waals surface area contributed by atoms with Crippen LogP contribution in [0.1, 0.15) is 26.2 Å². The van der Waals surface area contributed by atoms with E-state index in [1.807, 2.05) is 14.0 Å². The molecule has 2 heterocycles. The molecular formula is C13H21BrN4O. The smallest absolute Gasteiger partial charge is 0.224 e. The van der Waals surface area contributed by atoms with E-state index in [9.17, 15) is 0 Å². The Morgan fingerprint density at radius 1 is 1.53 bits per heavy atom. The summed E-state index contributed by atoms with van der Waals surface area (Å²) in [4.78, 5) is 10.9. The Morgan fingerprint density at radius 3 is 3.05 bits per heavy atom. The van der Waals surface area contributed by atoms with Crippen molar-refractivity contribution in [3.05, 3.63) is 10.7 Å². The maximum atomic E-state index is 5.77. The molecule has 1 aromatic heterocycles. The number of anilines is 2. The van der Waals surface area contributed by atoms with Gasteiger partial charge in [0.1, 0.15) is 5.82 Å². The predicted molar refractivity (Wildman–Crippen MR) is 80.8 cm³/mol. The number of hydrogen-bond donors (Lipinski definition) is 1. The van der Waals surface area contributed by atoms with Crippen LogP contribution in [0.5, 0.6) is 0 Å². The first-order chi connectivity index (χ1) is 9.20. The van der Waals surface area contributed by atoms with Crippen LogP contribution in [0, 0.1) is 0 Å². The fourth-order valence-corrected chi connectivity index (χ4v) is 2.71. The van der Waals surface area contributed by atoms with Crippen LogP contribution in [-0.4, -0.2) is 42.8 Å². The SMILES string of the molecule is CCNc1ncc(Br)c(N(C)CC2CCCCO2)n1. The van der Waals surface area contributed by atoms with Crippen molar-refractivity contribution >= 4 is 27.7 Å². The van der Waals surface area contributed by atoms with E-state index in [1.54, 1.807) is 6.20 Å². The highest BCUT2D eigenvalue weighted by Crippen LogP contribution is 2.24. The molecule has 6 heteroatoms. The van der Waals surface area contributed by atoms with Crippen LogP contribution >= 0.6 is 15.9 Å². The summed E-state index contributed by atoms with van der Waals surface area (Å²) in [5.41, 5.74) is 0. The zero-order chi connectivity index (χ0) is 13.7. The summed E-state index contributed by atoms with van der Waals surface area (Å²) in [6, 6.07) is 0. The summed E-state index contributed by atoms with van der Waals surface area (Å²) in [6.07, 6.45) is 5.67. The Balaban J connectivity index is 2.04. The van der Waals surface area contributed by atoms with Crippen LogP contribution in [0.4, 0.5) is 11.8 Å². The lowest BCUT2D eigenvalue weighted by molar-refractivity contribution is 0.0215. The number of halogens is 1. The highest BCUT2D eigenvalue weighted by Gasteiger charge is 2.18. The van der Waals surface area contributed by atoms with Crippen LogP contribution in [-0.2, 0) is 4.74 Å². The highest BCUT2D eigenvalue weighted by molar-refractivity contribution is 9.10. The van der Waals surface area contributed by atoms with Gasteiger partial charge >= 0.3 is 0 Å². The lowest BCUT2D eigenvalue weighted by Crippen LogP contribution is -2.34. The summed E-state index contributed by atoms with van der Waals surface area (Å²) in [6.45, 7) is 4.59. The topological polar surface area (TPSA) is 50.3 Å². The van der Waals surface area contributed by atoms with Crippen molar-refractivity contribution in [2.24, 2.45) is 0 Å². The molecule has 0 saturated carbocycles. The van der Waals surface area contributed by atoms with Crippen LogP contribution in [0.2, 0.25) is 0 Å². The molecule has 1 aliphatic heterocycles. The third-order valence-corrected chi connectivity index (χ3v) is 3.73. The minimum atomic E-state index is 0.309. The second-order valence-electron chi connectivity index (χ2n) is 4.76. The van der Waals surface area contributed by atoms with Gasteiger partial charge in [-0.3, -0.25) is 0 Å². The summed E-state index contributed by atoms with van der Waals surface area (Å²) >= 11 is 3.51. The molecule has 1 N–H and O–H groups in total. The molecule has 1 unspecified atom stereocenters. The monoisotopic (exact) mass is 328 g/mol. The predicted octanol–water partition coefficient (Wildman–Crippen LogP) is 2.68. The van der Waals surface area contributed by atoms with E-state index < -0.39 is 0 Å². The Kier molecular flexibility index (Phi) is 5.39. The number of nitrogens with one attached hydrogen (secondary N) is 1. The van der Waals surface area contributed by atoms with Crippen molar-refractivity contribution < 1.29 is 4.74 Å². The van der Waals surface area contributed by atoms with E-state index in [1.165, 1.54) is 12.8 Å². The number of ether oxygens (including phenoxy) is 1. The molecule has 19 heavy (non-hydrogen) atoms. The average Bonchev–Trinajstić information content (AvgIpc) is 2.42. The third-order valence-electron chi connectivity index (χ3n) is 3.17. The van der Waals surface area contributed by atoms with Gasteiger partial charge in [0, 0.05) is 32.9 Å². The van der Waals surface area contributed by atoms with Crippen molar-refractivity contribution in [1.82, 2.24) is 9.97 Å². The molecule has 0 aliphatic carbocycles. The summed E-state index contributed by atoms with van der Waals surface area (Å²) in [7, 11) is 2.04. The third kappa shape index (κ3) is 4.04. The van der Waals surface area contributed by atoms with E-state index in [0.29, 0.717) is 12.1 Å². The van der Waals surface area contributed by atoms with Gasteiger partial charge in [-0.25, -0.2) is 4.98 Å². The first-order valence-electron chi connectivity index (χ1n) is 6.80. The maximum Gasteiger partial charge on any atom is 0.224 e. The molecule has 0 spiro atoms. The molecule has 0 aromatic carbocycles. The quantitative estimate of drug-likeness (QED) is 0.900. The van der Waals surface area contributed by atoms with Crippen LogP contribution in [0.25, 0.3) is 0 Å². The normalized spacial score (nSPS) is 19.2. The summed E-state index contributed by atoms with van der Waals surface area (Å²) in [5, 5.41) is 3.13. The number of nitrogens with zero attached hydrogens (tertiary/aromatic N) is 3. The molecule has 1 aromatic rings. The zero-order valence-corrected chi connectivity index (χ0v) is 13.1. The van der Waals surface area contributed by atoms with Crippen molar-refractivity contribution in [3.8, 4) is 0 Å². The van der Waals surface area contributed by atoms with Gasteiger partial charge < -0.3 is 15.0 Å². The largest absolute Gasteiger partial charge is 0.376 e. The molecule has 1 atom stereocenters. The molecule has 1 fully saturated rings. The fourth-order valence-electron chi connectivity index (χ4n) is 2.21. The van der Waals surface area contributed by atoms with Crippen LogP contribution < -0.4 is 10.2 Å². The lowest BCUT2D eigenvalue weighted by atomic mass is 10.1. The molecule has 106 valence electrons. The molecule has 0 amide bonds. The Morgan fingerprint density at radius 2 is 2.37 bits per heavy atom. The average molecular weight is 329 g/mol. The first kappa shape index (κ1) is 14.5. The number of hydrogen-bond acceptors (Lipinski definition) is 5. The van der Waals surface area contributed by atoms with Gasteiger partial charge in [-0.05, 0) is 42.1 Å². The van der Waals surface area contributed by atoms with Gasteiger partial charge in [0.05, 0.1) is 10.6 Å². The molecule has 1 saturated heterocycles. The van der Waals surface area contributed by atoms with E-state index in [2.05, 4.69) is 36.1 Å². The molecule has 1 aliphatic rings. The van der Waals surface area contributed by atoms with Crippen LogP contribution in [0.3, 0.4) is 0 Å². The standard InChI is InChI=1S/C13H21BrN4O/c1-3-15-13-16-8-11(14)12(17-13)18(2)9-10-6-4-5-7-19-10/h8,10H,3-7,9H2,1-2H3,(H,15,16,17). The molecule has 0 bridgehead atoms. The Bertz CT molecular complexity index is 410. The number of aromatic nitrogens is 2. The Labute approximate surface area is 122 Å². The van der Waals surface area contributed by atoms with Gasteiger partial charge in [0.15, 0.2) is 0 Å². The van der Waals surface area contributed by atoms with E-state index in [4.69, 9.17) is 4.74 Å². The fraction of sp³-hybridized carbons (Fsp3) is 0.692.